The second-order valence-electron chi connectivity index (χ2n) is 6.66. The van der Waals surface area contributed by atoms with E-state index in [0.29, 0.717) is 19.1 Å². The molecule has 7 nitrogen and oxygen atoms in total. The van der Waals surface area contributed by atoms with Crippen molar-refractivity contribution >= 4 is 15.9 Å². The predicted molar refractivity (Wildman–Crippen MR) is 97.6 cm³/mol. The Bertz CT molecular complexity index is 870. The van der Waals surface area contributed by atoms with Gasteiger partial charge in [0.05, 0.1) is 6.20 Å². The molecule has 1 fully saturated rings. The molecule has 0 bridgehead atoms. The van der Waals surface area contributed by atoms with Crippen LogP contribution >= 0.6 is 0 Å². The van der Waals surface area contributed by atoms with Gasteiger partial charge in [0.1, 0.15) is 4.90 Å². The Morgan fingerprint density at radius 1 is 1.27 bits per heavy atom. The molecule has 1 aliphatic rings. The molecule has 26 heavy (non-hydrogen) atoms. The lowest BCUT2D eigenvalue weighted by molar-refractivity contribution is -0.132. The quantitative estimate of drug-likeness (QED) is 0.758. The van der Waals surface area contributed by atoms with Gasteiger partial charge in [-0.15, -0.1) is 0 Å². The molecule has 1 aromatic carbocycles. The van der Waals surface area contributed by atoms with E-state index in [2.05, 4.69) is 36.3 Å². The van der Waals surface area contributed by atoms with Gasteiger partial charge in [-0.2, -0.15) is 5.10 Å². The standard InChI is InChI=1S/C18H24N4O3S/c1-2-14-3-5-15(6-4-14)12-22(16-7-8-16)18(23)9-10-21-13-17(11-20-21)26(19,24)25/h3-6,11,13,16H,2,7-10,12H2,1H3,(H2,19,24,25). The fourth-order valence-electron chi connectivity index (χ4n) is 2.85. The number of primary sulfonamides is 1. The van der Waals surface area contributed by atoms with Gasteiger partial charge in [-0.3, -0.25) is 9.48 Å². The van der Waals surface area contributed by atoms with Crippen LogP contribution in [-0.4, -0.2) is 35.0 Å². The summed E-state index contributed by atoms with van der Waals surface area (Å²) in [5.41, 5.74) is 2.40. The molecule has 0 aliphatic heterocycles. The van der Waals surface area contributed by atoms with Gasteiger partial charge in [0.2, 0.25) is 15.9 Å². The lowest BCUT2D eigenvalue weighted by atomic mass is 10.1. The second-order valence-corrected chi connectivity index (χ2v) is 8.22. The summed E-state index contributed by atoms with van der Waals surface area (Å²) in [5, 5.41) is 9.04. The van der Waals surface area contributed by atoms with Gasteiger partial charge in [0, 0.05) is 31.7 Å². The number of nitrogens with two attached hydrogens (primary N) is 1. The maximum atomic E-state index is 12.7. The highest BCUT2D eigenvalue weighted by Crippen LogP contribution is 2.29. The Kier molecular flexibility index (Phi) is 5.43. The molecule has 0 radical (unpaired) electrons. The van der Waals surface area contributed by atoms with Crippen LogP contribution in [0.2, 0.25) is 0 Å². The zero-order valence-corrected chi connectivity index (χ0v) is 15.7. The average Bonchev–Trinajstić information content (AvgIpc) is 3.33. The average molecular weight is 376 g/mol. The summed E-state index contributed by atoms with van der Waals surface area (Å²) < 4.78 is 24.0. The number of sulfonamides is 1. The first-order chi connectivity index (χ1) is 12.4. The Balaban J connectivity index is 1.61. The van der Waals surface area contributed by atoms with Crippen LogP contribution in [-0.2, 0) is 34.3 Å². The van der Waals surface area contributed by atoms with E-state index in [4.69, 9.17) is 5.14 Å². The van der Waals surface area contributed by atoms with Crippen LogP contribution in [0.25, 0.3) is 0 Å². The van der Waals surface area contributed by atoms with Crippen molar-refractivity contribution in [2.24, 2.45) is 5.14 Å². The number of carbonyl (C=O) groups is 1. The van der Waals surface area contributed by atoms with Gasteiger partial charge in [-0.25, -0.2) is 13.6 Å². The molecule has 1 saturated carbocycles. The molecule has 0 unspecified atom stereocenters. The van der Waals surface area contributed by atoms with Crippen LogP contribution in [0.15, 0.2) is 41.6 Å². The molecule has 140 valence electrons. The molecule has 1 aromatic heterocycles. The smallest absolute Gasteiger partial charge is 0.241 e. The third kappa shape index (κ3) is 4.70. The van der Waals surface area contributed by atoms with E-state index in [1.807, 2.05) is 4.90 Å². The Morgan fingerprint density at radius 3 is 2.46 bits per heavy atom. The van der Waals surface area contributed by atoms with Crippen molar-refractivity contribution in [3.63, 3.8) is 0 Å². The van der Waals surface area contributed by atoms with Gasteiger partial charge in [-0.05, 0) is 30.4 Å². The lowest BCUT2D eigenvalue weighted by Crippen LogP contribution is -2.33. The first-order valence-corrected chi connectivity index (χ1v) is 10.3. The molecular weight excluding hydrogens is 352 g/mol. The topological polar surface area (TPSA) is 98.3 Å². The van der Waals surface area contributed by atoms with Crippen LogP contribution < -0.4 is 5.14 Å². The van der Waals surface area contributed by atoms with Crippen LogP contribution in [0.4, 0.5) is 0 Å². The molecule has 3 rings (SSSR count). The molecule has 8 heteroatoms. The van der Waals surface area contributed by atoms with Crippen LogP contribution in [0.5, 0.6) is 0 Å². The predicted octanol–water partition coefficient (Wildman–Crippen LogP) is 1.67. The van der Waals surface area contributed by atoms with Gasteiger partial charge >= 0.3 is 0 Å². The van der Waals surface area contributed by atoms with Crippen molar-refractivity contribution in [1.29, 1.82) is 0 Å². The van der Waals surface area contributed by atoms with Crippen LogP contribution in [0.3, 0.4) is 0 Å². The summed E-state index contributed by atoms with van der Waals surface area (Å²) in [6.45, 7) is 3.05. The number of amides is 1. The van der Waals surface area contributed by atoms with Crippen molar-refractivity contribution in [3.05, 3.63) is 47.8 Å². The van der Waals surface area contributed by atoms with Crippen LogP contribution in [0.1, 0.15) is 37.3 Å². The number of carbonyl (C=O) groups excluding carboxylic acids is 1. The fraction of sp³-hybridized carbons (Fsp3) is 0.444. The molecule has 0 saturated heterocycles. The zero-order chi connectivity index (χ0) is 18.7. The van der Waals surface area contributed by atoms with E-state index in [0.717, 1.165) is 24.8 Å². The number of benzene rings is 1. The minimum Gasteiger partial charge on any atom is -0.335 e. The Hall–Kier alpha value is -2.19. The lowest BCUT2D eigenvalue weighted by Gasteiger charge is -2.23. The second kappa shape index (κ2) is 7.59. The summed E-state index contributed by atoms with van der Waals surface area (Å²) in [5.74, 6) is 0.0553. The minimum absolute atomic E-state index is 0.0417. The van der Waals surface area contributed by atoms with E-state index in [9.17, 15) is 13.2 Å². The van der Waals surface area contributed by atoms with E-state index in [-0.39, 0.29) is 17.2 Å². The van der Waals surface area contributed by atoms with Crippen molar-refractivity contribution in [1.82, 2.24) is 14.7 Å². The molecule has 1 amide bonds. The fourth-order valence-corrected chi connectivity index (χ4v) is 3.31. The molecular formula is C18H24N4O3S. The summed E-state index contributed by atoms with van der Waals surface area (Å²) in [6.07, 6.45) is 5.90. The van der Waals surface area contributed by atoms with Crippen molar-refractivity contribution in [3.8, 4) is 0 Å². The van der Waals surface area contributed by atoms with E-state index in [1.54, 1.807) is 0 Å². The normalized spacial score (nSPS) is 14.4. The van der Waals surface area contributed by atoms with Gasteiger partial charge in [-0.1, -0.05) is 31.2 Å². The highest BCUT2D eigenvalue weighted by Gasteiger charge is 2.32. The number of hydrogen-bond donors (Lipinski definition) is 1. The van der Waals surface area contributed by atoms with Crippen molar-refractivity contribution in [2.75, 3.05) is 0 Å². The molecule has 2 N–H and O–H groups in total. The minimum atomic E-state index is -3.77. The highest BCUT2D eigenvalue weighted by atomic mass is 32.2. The SMILES string of the molecule is CCc1ccc(CN(C(=O)CCn2cc(S(N)(=O)=O)cn2)C2CC2)cc1. The first kappa shape index (κ1) is 18.6. The molecule has 1 heterocycles. The number of aromatic nitrogens is 2. The van der Waals surface area contributed by atoms with Gasteiger partial charge in [0.25, 0.3) is 0 Å². The molecule has 1 aliphatic carbocycles. The Morgan fingerprint density at radius 2 is 1.92 bits per heavy atom. The third-order valence-electron chi connectivity index (χ3n) is 4.58. The van der Waals surface area contributed by atoms with Crippen molar-refractivity contribution in [2.45, 2.75) is 56.6 Å². The Labute approximate surface area is 153 Å². The molecule has 0 atom stereocenters. The third-order valence-corrected chi connectivity index (χ3v) is 5.45. The number of nitrogens with zero attached hydrogens (tertiary/aromatic N) is 3. The number of hydrogen-bond acceptors (Lipinski definition) is 4. The summed E-state index contributed by atoms with van der Waals surface area (Å²) in [7, 11) is -3.77. The number of aryl methyl sites for hydroxylation is 2. The zero-order valence-electron chi connectivity index (χ0n) is 14.8. The summed E-state index contributed by atoms with van der Waals surface area (Å²) in [4.78, 5) is 14.6. The number of rotatable bonds is 8. The monoisotopic (exact) mass is 376 g/mol. The van der Waals surface area contributed by atoms with Gasteiger partial charge in [0.15, 0.2) is 0 Å². The van der Waals surface area contributed by atoms with Gasteiger partial charge < -0.3 is 4.90 Å². The maximum absolute atomic E-state index is 12.7. The summed E-state index contributed by atoms with van der Waals surface area (Å²) >= 11 is 0. The van der Waals surface area contributed by atoms with E-state index >= 15 is 0 Å². The van der Waals surface area contributed by atoms with Crippen molar-refractivity contribution < 1.29 is 13.2 Å². The van der Waals surface area contributed by atoms with E-state index in [1.165, 1.54) is 22.6 Å². The summed E-state index contributed by atoms with van der Waals surface area (Å²) in [6, 6.07) is 8.67. The highest BCUT2D eigenvalue weighted by molar-refractivity contribution is 7.89. The van der Waals surface area contributed by atoms with E-state index < -0.39 is 10.0 Å². The first-order valence-electron chi connectivity index (χ1n) is 8.79. The van der Waals surface area contributed by atoms with Crippen LogP contribution in [0, 0.1) is 0 Å². The molecule has 2 aromatic rings. The molecule has 0 spiro atoms. The maximum Gasteiger partial charge on any atom is 0.241 e. The largest absolute Gasteiger partial charge is 0.335 e.